The van der Waals surface area contributed by atoms with Crippen molar-refractivity contribution in [3.05, 3.63) is 52.1 Å². The number of alkyl halides is 3. The fourth-order valence-corrected chi connectivity index (χ4v) is 5.63. The third-order valence-electron chi connectivity index (χ3n) is 7.19. The molecule has 1 N–H and O–H groups in total. The van der Waals surface area contributed by atoms with Crippen LogP contribution in [0.5, 0.6) is 0 Å². The molecule has 3 aliphatic rings. The van der Waals surface area contributed by atoms with Crippen LogP contribution in [0.3, 0.4) is 0 Å². The Kier molecular flexibility index (Phi) is 7.80. The number of amides is 1. The predicted octanol–water partition coefficient (Wildman–Crippen LogP) is 5.06. The second-order valence-electron chi connectivity index (χ2n) is 9.69. The van der Waals surface area contributed by atoms with Crippen LogP contribution < -0.4 is 10.2 Å². The molecular weight excluding hydrogens is 576 g/mol. The molecule has 0 atom stereocenters. The van der Waals surface area contributed by atoms with Gasteiger partial charge in [-0.3, -0.25) is 4.79 Å². The molecule has 0 bridgehead atoms. The molecule has 5 rings (SSSR count). The first-order chi connectivity index (χ1) is 18.5. The molecule has 4 heterocycles. The van der Waals surface area contributed by atoms with E-state index < -0.39 is 17.3 Å². The fraction of sp³-hybridized carbons (Fsp3) is 0.440. The van der Waals surface area contributed by atoms with Crippen molar-refractivity contribution >= 4 is 63.7 Å². The Morgan fingerprint density at radius 2 is 1.74 bits per heavy atom. The van der Waals surface area contributed by atoms with E-state index in [0.717, 1.165) is 12.1 Å². The van der Waals surface area contributed by atoms with E-state index in [1.807, 2.05) is 4.90 Å². The normalized spacial score (nSPS) is 19.1. The van der Waals surface area contributed by atoms with E-state index in [1.54, 1.807) is 23.2 Å². The lowest BCUT2D eigenvalue weighted by Gasteiger charge is -2.38. The minimum atomic E-state index is -4.49. The smallest absolute Gasteiger partial charge is 0.388 e. The van der Waals surface area contributed by atoms with Gasteiger partial charge >= 0.3 is 6.18 Å². The summed E-state index contributed by atoms with van der Waals surface area (Å²) in [4.78, 5) is 29.0. The molecule has 0 saturated carbocycles. The lowest BCUT2D eigenvalue weighted by molar-refractivity contribution is -0.137. The highest BCUT2D eigenvalue weighted by atomic mass is 35.5. The largest absolute Gasteiger partial charge is 0.416 e. The van der Waals surface area contributed by atoms with Crippen LogP contribution in [0.15, 0.2) is 41.7 Å². The minimum Gasteiger partial charge on any atom is -0.388 e. The molecule has 0 aliphatic carbocycles. The Morgan fingerprint density at radius 1 is 1.03 bits per heavy atom. The van der Waals surface area contributed by atoms with E-state index in [0.29, 0.717) is 75.1 Å². The standard InChI is InChI=1S/C25H25Cl2F3N6O2S/c26-17-4-3-16(25(28,29)30)14-19(17)32-23(39)36-8-5-24(6-9-36)15-20(33-38-24)22(37)35-12-10-34(11-13-35)21-18(27)2-1-7-31-21/h1-4,7,14H,5-6,8-13,15H2,(H,32,39). The van der Waals surface area contributed by atoms with E-state index >= 15 is 0 Å². The van der Waals surface area contributed by atoms with Gasteiger partial charge in [-0.1, -0.05) is 28.4 Å². The molecule has 2 aromatic rings. The van der Waals surface area contributed by atoms with Crippen LogP contribution in [0.2, 0.25) is 10.0 Å². The third kappa shape index (κ3) is 6.02. The summed E-state index contributed by atoms with van der Waals surface area (Å²) in [6, 6.07) is 6.63. The van der Waals surface area contributed by atoms with Crippen molar-refractivity contribution in [2.24, 2.45) is 5.16 Å². The van der Waals surface area contributed by atoms with Crippen molar-refractivity contribution in [1.29, 1.82) is 0 Å². The summed E-state index contributed by atoms with van der Waals surface area (Å²) in [5.74, 6) is 0.568. The van der Waals surface area contributed by atoms with Crippen molar-refractivity contribution in [3.8, 4) is 0 Å². The van der Waals surface area contributed by atoms with E-state index in [2.05, 4.69) is 20.4 Å². The number of likely N-dealkylation sites (tertiary alicyclic amines) is 1. The number of carbonyl (C=O) groups excluding carboxylic acids is 1. The summed E-state index contributed by atoms with van der Waals surface area (Å²) in [7, 11) is 0. The zero-order valence-corrected chi connectivity index (χ0v) is 23.0. The number of nitrogens with zero attached hydrogens (tertiary/aromatic N) is 5. The van der Waals surface area contributed by atoms with Crippen LogP contribution in [0.25, 0.3) is 0 Å². The van der Waals surface area contributed by atoms with Crippen molar-refractivity contribution in [2.45, 2.75) is 31.0 Å². The lowest BCUT2D eigenvalue weighted by Crippen LogP contribution is -2.52. The van der Waals surface area contributed by atoms with Crippen molar-refractivity contribution in [1.82, 2.24) is 14.8 Å². The highest BCUT2D eigenvalue weighted by Crippen LogP contribution is 2.37. The number of piperazine rings is 1. The SMILES string of the molecule is O=C(C1=NOC2(CCN(C(=S)Nc3cc(C(F)(F)F)ccc3Cl)CC2)C1)N1CCN(c2ncccc2Cl)CC1. The number of rotatable bonds is 3. The van der Waals surface area contributed by atoms with Crippen LogP contribution in [0.1, 0.15) is 24.8 Å². The number of piperidine rings is 1. The van der Waals surface area contributed by atoms with Gasteiger partial charge in [-0.15, -0.1) is 0 Å². The maximum atomic E-state index is 13.2. The monoisotopic (exact) mass is 600 g/mol. The van der Waals surface area contributed by atoms with Crippen molar-refractivity contribution in [2.75, 3.05) is 49.5 Å². The van der Waals surface area contributed by atoms with Crippen molar-refractivity contribution < 1.29 is 22.8 Å². The van der Waals surface area contributed by atoms with E-state index in [4.69, 9.17) is 40.3 Å². The molecule has 0 unspecified atom stereocenters. The Bertz CT molecular complexity index is 1290. The maximum Gasteiger partial charge on any atom is 0.416 e. The Balaban J connectivity index is 1.12. The van der Waals surface area contributed by atoms with Gasteiger partial charge in [-0.2, -0.15) is 13.2 Å². The predicted molar refractivity (Wildman–Crippen MR) is 147 cm³/mol. The quantitative estimate of drug-likeness (QED) is 0.493. The van der Waals surface area contributed by atoms with Crippen LogP contribution in [-0.4, -0.2) is 76.4 Å². The zero-order chi connectivity index (χ0) is 27.8. The van der Waals surface area contributed by atoms with Gasteiger partial charge in [0.25, 0.3) is 5.91 Å². The summed E-state index contributed by atoms with van der Waals surface area (Å²) < 4.78 is 39.3. The van der Waals surface area contributed by atoms with Crippen LogP contribution in [0.4, 0.5) is 24.7 Å². The van der Waals surface area contributed by atoms with Gasteiger partial charge < -0.3 is 24.9 Å². The third-order valence-corrected chi connectivity index (χ3v) is 8.17. The summed E-state index contributed by atoms with van der Waals surface area (Å²) in [5.41, 5.74) is -0.931. The van der Waals surface area contributed by atoms with E-state index in [9.17, 15) is 18.0 Å². The second kappa shape index (κ2) is 11.0. The molecule has 3 aliphatic heterocycles. The molecule has 1 aromatic carbocycles. The number of anilines is 2. The first-order valence-electron chi connectivity index (χ1n) is 12.4. The Hall–Kier alpha value is -2.83. The highest BCUT2D eigenvalue weighted by molar-refractivity contribution is 7.80. The maximum absolute atomic E-state index is 13.2. The summed E-state index contributed by atoms with van der Waals surface area (Å²) in [6.45, 7) is 3.23. The van der Waals surface area contributed by atoms with Gasteiger partial charge in [0.1, 0.15) is 17.1 Å². The van der Waals surface area contributed by atoms with Gasteiger partial charge in [0, 0.05) is 64.7 Å². The second-order valence-corrected chi connectivity index (χ2v) is 10.9. The first kappa shape index (κ1) is 27.7. The highest BCUT2D eigenvalue weighted by Gasteiger charge is 2.45. The molecule has 39 heavy (non-hydrogen) atoms. The number of thiocarbonyl (C=S) groups is 1. The Morgan fingerprint density at radius 3 is 2.41 bits per heavy atom. The lowest BCUT2D eigenvalue weighted by atomic mass is 9.86. The zero-order valence-electron chi connectivity index (χ0n) is 20.7. The number of oxime groups is 1. The summed E-state index contributed by atoms with van der Waals surface area (Å²) in [6.07, 6.45) is -1.30. The summed E-state index contributed by atoms with van der Waals surface area (Å²) in [5, 5.41) is 7.97. The molecule has 8 nitrogen and oxygen atoms in total. The van der Waals surface area contributed by atoms with Crippen LogP contribution in [0, 0.1) is 0 Å². The van der Waals surface area contributed by atoms with Gasteiger partial charge in [0.05, 0.1) is 21.3 Å². The van der Waals surface area contributed by atoms with Crippen molar-refractivity contribution in [3.63, 3.8) is 0 Å². The number of aromatic nitrogens is 1. The number of benzene rings is 1. The minimum absolute atomic E-state index is 0.0931. The number of hydrogen-bond acceptors (Lipinski definition) is 6. The molecule has 2 saturated heterocycles. The van der Waals surface area contributed by atoms with Gasteiger partial charge in [-0.05, 0) is 42.5 Å². The first-order valence-corrected chi connectivity index (χ1v) is 13.5. The number of pyridine rings is 1. The molecule has 2 fully saturated rings. The van der Waals surface area contributed by atoms with Gasteiger partial charge in [0.15, 0.2) is 5.11 Å². The average Bonchev–Trinajstić information content (AvgIpc) is 3.33. The fourth-order valence-electron chi connectivity index (χ4n) is 4.93. The topological polar surface area (TPSA) is 73.3 Å². The van der Waals surface area contributed by atoms with Crippen LogP contribution in [-0.2, 0) is 15.8 Å². The van der Waals surface area contributed by atoms with Gasteiger partial charge in [0.2, 0.25) is 0 Å². The number of nitrogens with one attached hydrogen (secondary N) is 1. The molecule has 1 amide bonds. The number of carbonyl (C=O) groups is 1. The Labute approximate surface area is 238 Å². The molecule has 208 valence electrons. The number of halogens is 5. The molecule has 14 heteroatoms. The van der Waals surface area contributed by atoms with Crippen LogP contribution >= 0.6 is 35.4 Å². The molecule has 1 aromatic heterocycles. The van der Waals surface area contributed by atoms with E-state index in [1.165, 1.54) is 6.07 Å². The molecule has 1 spiro atoms. The summed E-state index contributed by atoms with van der Waals surface area (Å²) >= 11 is 17.8. The molecule has 0 radical (unpaired) electrons. The average molecular weight is 601 g/mol. The van der Waals surface area contributed by atoms with Gasteiger partial charge in [-0.25, -0.2) is 4.98 Å². The number of hydrogen-bond donors (Lipinski definition) is 1. The van der Waals surface area contributed by atoms with E-state index in [-0.39, 0.29) is 21.7 Å². The molecular formula is C25H25Cl2F3N6O2S.